The van der Waals surface area contributed by atoms with Gasteiger partial charge in [-0.2, -0.15) is 0 Å². The number of carbonyl (C=O) groups is 1. The molecular weight excluding hydrogens is 166 g/mol. The fourth-order valence-electron chi connectivity index (χ4n) is 0.849. The third-order valence-corrected chi connectivity index (χ3v) is 1.56. The van der Waals surface area contributed by atoms with Gasteiger partial charge in [0, 0.05) is 20.3 Å². The van der Waals surface area contributed by atoms with Crippen LogP contribution >= 0.6 is 0 Å². The first-order chi connectivity index (χ1) is 6.13. The Kier molecular flexibility index (Phi) is 2.74. The van der Waals surface area contributed by atoms with Gasteiger partial charge in [0.25, 0.3) is 5.91 Å². The highest BCUT2D eigenvalue weighted by molar-refractivity contribution is 6.17. The number of likely N-dealkylation sites (N-methyl/N-ethyl adjacent to an activating group) is 1. The van der Waals surface area contributed by atoms with Crippen molar-refractivity contribution in [1.29, 1.82) is 0 Å². The van der Waals surface area contributed by atoms with Crippen LogP contribution in [0.3, 0.4) is 0 Å². The van der Waals surface area contributed by atoms with Crippen molar-refractivity contribution in [2.45, 2.75) is 0 Å². The maximum absolute atomic E-state index is 11.4. The number of amides is 1. The highest BCUT2D eigenvalue weighted by Gasteiger charge is 2.11. The lowest BCUT2D eigenvalue weighted by Crippen LogP contribution is -2.22. The van der Waals surface area contributed by atoms with Crippen LogP contribution in [-0.2, 0) is 4.79 Å². The fourth-order valence-corrected chi connectivity index (χ4v) is 0.849. The fraction of sp³-hybridized carbons (Fsp3) is 0.222. The summed E-state index contributed by atoms with van der Waals surface area (Å²) in [6.45, 7) is 3.66. The lowest BCUT2D eigenvalue weighted by Gasteiger charge is -2.11. The lowest BCUT2D eigenvalue weighted by atomic mass is 10.2. The molecule has 0 aliphatic heterocycles. The zero-order chi connectivity index (χ0) is 9.84. The van der Waals surface area contributed by atoms with Crippen LogP contribution in [0.25, 0.3) is 5.57 Å². The number of rotatable bonds is 2. The van der Waals surface area contributed by atoms with Crippen molar-refractivity contribution in [3.05, 3.63) is 30.9 Å². The number of nitrogens with zero attached hydrogens (tertiary/aromatic N) is 3. The van der Waals surface area contributed by atoms with Gasteiger partial charge in [0.1, 0.15) is 6.33 Å². The van der Waals surface area contributed by atoms with Gasteiger partial charge < -0.3 is 4.90 Å². The zero-order valence-corrected chi connectivity index (χ0v) is 7.69. The molecule has 0 saturated carbocycles. The molecule has 0 fully saturated rings. The Balaban J connectivity index is 2.87. The van der Waals surface area contributed by atoms with Gasteiger partial charge in [0.15, 0.2) is 0 Å². The van der Waals surface area contributed by atoms with Crippen molar-refractivity contribution < 1.29 is 4.79 Å². The van der Waals surface area contributed by atoms with Crippen LogP contribution in [0.2, 0.25) is 0 Å². The maximum Gasteiger partial charge on any atom is 0.254 e. The summed E-state index contributed by atoms with van der Waals surface area (Å²) in [7, 11) is 3.35. The minimum atomic E-state index is -0.140. The van der Waals surface area contributed by atoms with Gasteiger partial charge in [0.2, 0.25) is 0 Å². The van der Waals surface area contributed by atoms with E-state index in [-0.39, 0.29) is 5.91 Å². The van der Waals surface area contributed by atoms with Crippen LogP contribution < -0.4 is 0 Å². The average Bonchev–Trinajstić information content (AvgIpc) is 2.17. The summed E-state index contributed by atoms with van der Waals surface area (Å²) in [5, 5.41) is 0. The molecule has 0 bridgehead atoms. The first-order valence-electron chi connectivity index (χ1n) is 3.80. The Morgan fingerprint density at radius 2 is 2.23 bits per heavy atom. The molecule has 1 amide bonds. The van der Waals surface area contributed by atoms with E-state index in [1.165, 1.54) is 11.2 Å². The molecular formula is C9H11N3O. The van der Waals surface area contributed by atoms with Crippen molar-refractivity contribution in [1.82, 2.24) is 14.9 Å². The van der Waals surface area contributed by atoms with E-state index in [9.17, 15) is 4.79 Å². The first kappa shape index (κ1) is 9.38. The van der Waals surface area contributed by atoms with Gasteiger partial charge in [0.05, 0.1) is 11.3 Å². The molecule has 68 valence electrons. The monoisotopic (exact) mass is 177 g/mol. The topological polar surface area (TPSA) is 46.1 Å². The molecule has 0 atom stereocenters. The summed E-state index contributed by atoms with van der Waals surface area (Å²) in [6.07, 6.45) is 2.97. The Morgan fingerprint density at radius 1 is 1.54 bits per heavy atom. The summed E-state index contributed by atoms with van der Waals surface area (Å²) < 4.78 is 0. The number of hydrogen-bond acceptors (Lipinski definition) is 3. The first-order valence-corrected chi connectivity index (χ1v) is 3.80. The van der Waals surface area contributed by atoms with E-state index in [0.29, 0.717) is 11.3 Å². The van der Waals surface area contributed by atoms with Gasteiger partial charge in [-0.15, -0.1) is 0 Å². The molecule has 1 rings (SSSR count). The highest BCUT2D eigenvalue weighted by atomic mass is 16.2. The molecule has 0 spiro atoms. The van der Waals surface area contributed by atoms with Crippen LogP contribution in [0.5, 0.6) is 0 Å². The predicted molar refractivity (Wildman–Crippen MR) is 49.8 cm³/mol. The summed E-state index contributed by atoms with van der Waals surface area (Å²) >= 11 is 0. The van der Waals surface area contributed by atoms with Crippen LogP contribution in [0.1, 0.15) is 5.69 Å². The van der Waals surface area contributed by atoms with Crippen molar-refractivity contribution >= 4 is 11.5 Å². The van der Waals surface area contributed by atoms with Gasteiger partial charge in [-0.25, -0.2) is 9.97 Å². The molecule has 1 aromatic rings. The average molecular weight is 177 g/mol. The Morgan fingerprint density at radius 3 is 2.69 bits per heavy atom. The largest absolute Gasteiger partial charge is 0.345 e. The third kappa shape index (κ3) is 2.11. The number of hydrogen-bond donors (Lipinski definition) is 0. The molecule has 0 aliphatic rings. The van der Waals surface area contributed by atoms with Crippen LogP contribution in [-0.4, -0.2) is 34.9 Å². The molecule has 0 unspecified atom stereocenters. The van der Waals surface area contributed by atoms with Crippen molar-refractivity contribution in [2.75, 3.05) is 14.1 Å². The van der Waals surface area contributed by atoms with E-state index in [4.69, 9.17) is 0 Å². The van der Waals surface area contributed by atoms with Crippen molar-refractivity contribution in [3.8, 4) is 0 Å². The molecule has 4 nitrogen and oxygen atoms in total. The Labute approximate surface area is 76.9 Å². The van der Waals surface area contributed by atoms with Gasteiger partial charge >= 0.3 is 0 Å². The summed E-state index contributed by atoms with van der Waals surface area (Å²) in [5.74, 6) is -0.140. The Hall–Kier alpha value is -1.71. The van der Waals surface area contributed by atoms with E-state index >= 15 is 0 Å². The molecule has 0 N–H and O–H groups in total. The van der Waals surface area contributed by atoms with Crippen LogP contribution in [0, 0.1) is 0 Å². The standard InChI is InChI=1S/C9H11N3O/c1-7(9(13)12(2)3)8-4-5-10-6-11-8/h4-6H,1H2,2-3H3. The van der Waals surface area contributed by atoms with E-state index in [1.807, 2.05) is 0 Å². The zero-order valence-electron chi connectivity index (χ0n) is 7.69. The maximum atomic E-state index is 11.4. The summed E-state index contributed by atoms with van der Waals surface area (Å²) in [5.41, 5.74) is 0.945. The van der Waals surface area contributed by atoms with E-state index in [0.717, 1.165) is 0 Å². The van der Waals surface area contributed by atoms with Crippen LogP contribution in [0.15, 0.2) is 25.2 Å². The SMILES string of the molecule is C=C(C(=O)N(C)C)c1ccncn1. The predicted octanol–water partition coefficient (Wildman–Crippen LogP) is 0.578. The quantitative estimate of drug-likeness (QED) is 0.621. The molecule has 0 aliphatic carbocycles. The summed E-state index contributed by atoms with van der Waals surface area (Å²) in [6, 6.07) is 1.66. The molecule has 0 aromatic carbocycles. The highest BCUT2D eigenvalue weighted by Crippen LogP contribution is 2.09. The van der Waals surface area contributed by atoms with Crippen LogP contribution in [0.4, 0.5) is 0 Å². The molecule has 0 radical (unpaired) electrons. The van der Waals surface area contributed by atoms with Crippen molar-refractivity contribution in [3.63, 3.8) is 0 Å². The molecule has 1 aromatic heterocycles. The van der Waals surface area contributed by atoms with E-state index < -0.39 is 0 Å². The molecule has 4 heteroatoms. The molecule has 1 heterocycles. The number of aromatic nitrogens is 2. The molecule has 0 saturated heterocycles. The second-order valence-corrected chi connectivity index (χ2v) is 2.77. The summed E-state index contributed by atoms with van der Waals surface area (Å²) in [4.78, 5) is 20.6. The van der Waals surface area contributed by atoms with Gasteiger partial charge in [-0.3, -0.25) is 4.79 Å². The normalized spacial score (nSPS) is 9.38. The lowest BCUT2D eigenvalue weighted by molar-refractivity contribution is -0.122. The van der Waals surface area contributed by atoms with E-state index in [2.05, 4.69) is 16.5 Å². The minimum absolute atomic E-state index is 0.140. The number of carbonyl (C=O) groups excluding carboxylic acids is 1. The Bertz CT molecular complexity index is 319. The van der Waals surface area contributed by atoms with Crippen molar-refractivity contribution in [2.24, 2.45) is 0 Å². The molecule has 13 heavy (non-hydrogen) atoms. The third-order valence-electron chi connectivity index (χ3n) is 1.56. The van der Waals surface area contributed by atoms with E-state index in [1.54, 1.807) is 26.4 Å². The van der Waals surface area contributed by atoms with Gasteiger partial charge in [-0.05, 0) is 6.07 Å². The second-order valence-electron chi connectivity index (χ2n) is 2.77. The van der Waals surface area contributed by atoms with Gasteiger partial charge in [-0.1, -0.05) is 6.58 Å². The smallest absolute Gasteiger partial charge is 0.254 e. The second kappa shape index (κ2) is 3.80. The minimum Gasteiger partial charge on any atom is -0.345 e.